The minimum atomic E-state index is 0.498. The van der Waals surface area contributed by atoms with Gasteiger partial charge in [0.25, 0.3) is 0 Å². The molecule has 0 aliphatic heterocycles. The van der Waals surface area contributed by atoms with Gasteiger partial charge in [0, 0.05) is 18.4 Å². The minimum Gasteiger partial charge on any atom is -0.314 e. The molecular weight excluding hydrogens is 256 g/mol. The Morgan fingerprint density at radius 2 is 1.90 bits per heavy atom. The molecule has 112 valence electrons. The van der Waals surface area contributed by atoms with Gasteiger partial charge in [-0.05, 0) is 55.5 Å². The summed E-state index contributed by atoms with van der Waals surface area (Å²) in [5.41, 5.74) is 4.13. The number of rotatable bonds is 7. The third-order valence-electron chi connectivity index (χ3n) is 4.13. The molecule has 0 bridgehead atoms. The summed E-state index contributed by atoms with van der Waals surface area (Å²) in [6.07, 6.45) is 6.04. The van der Waals surface area contributed by atoms with Gasteiger partial charge in [0.15, 0.2) is 0 Å². The second-order valence-electron chi connectivity index (χ2n) is 5.76. The van der Waals surface area contributed by atoms with Gasteiger partial charge in [-0.2, -0.15) is 0 Å². The Bertz CT molecular complexity index is 536. The fourth-order valence-electron chi connectivity index (χ4n) is 2.88. The summed E-state index contributed by atoms with van der Waals surface area (Å²) in [4.78, 5) is 4.12. The molecule has 0 radical (unpaired) electrons. The van der Waals surface area contributed by atoms with Gasteiger partial charge in [0.1, 0.15) is 0 Å². The number of aryl methyl sites for hydroxylation is 2. The largest absolute Gasteiger partial charge is 0.314 e. The molecule has 1 heterocycles. The predicted molar refractivity (Wildman–Crippen MR) is 89.6 cm³/mol. The lowest BCUT2D eigenvalue weighted by Gasteiger charge is -2.25. The maximum Gasteiger partial charge on any atom is 0.0270 e. The molecule has 21 heavy (non-hydrogen) atoms. The van der Waals surface area contributed by atoms with Crippen molar-refractivity contribution in [2.24, 2.45) is 0 Å². The summed E-state index contributed by atoms with van der Waals surface area (Å²) in [5.74, 6) is 0.498. The molecular formula is C19H26N2. The van der Waals surface area contributed by atoms with E-state index >= 15 is 0 Å². The number of hydrogen-bond acceptors (Lipinski definition) is 2. The van der Waals surface area contributed by atoms with Crippen molar-refractivity contribution in [2.75, 3.05) is 6.54 Å². The Morgan fingerprint density at radius 3 is 2.57 bits per heavy atom. The Balaban J connectivity index is 2.02. The van der Waals surface area contributed by atoms with Gasteiger partial charge in [-0.1, -0.05) is 43.7 Å². The summed E-state index contributed by atoms with van der Waals surface area (Å²) >= 11 is 0. The zero-order valence-electron chi connectivity index (χ0n) is 13.3. The summed E-state index contributed by atoms with van der Waals surface area (Å²) in [5, 5.41) is 3.65. The monoisotopic (exact) mass is 282 g/mol. The number of nitrogens with one attached hydrogen (secondary N) is 1. The number of pyridine rings is 1. The highest BCUT2D eigenvalue weighted by atomic mass is 14.9. The van der Waals surface area contributed by atoms with Gasteiger partial charge in [0.2, 0.25) is 0 Å². The lowest BCUT2D eigenvalue weighted by molar-refractivity contribution is 0.433. The summed E-state index contributed by atoms with van der Waals surface area (Å²) in [6.45, 7) is 7.65. The zero-order chi connectivity index (χ0) is 15.1. The van der Waals surface area contributed by atoms with Gasteiger partial charge < -0.3 is 5.32 Å². The maximum atomic E-state index is 4.12. The van der Waals surface area contributed by atoms with E-state index in [0.29, 0.717) is 12.0 Å². The fourth-order valence-corrected chi connectivity index (χ4v) is 2.88. The Hall–Kier alpha value is -1.67. The van der Waals surface area contributed by atoms with Crippen LogP contribution in [0.25, 0.3) is 0 Å². The van der Waals surface area contributed by atoms with Crippen LogP contribution in [0.2, 0.25) is 0 Å². The fraction of sp³-hybridized carbons (Fsp3) is 0.421. The van der Waals surface area contributed by atoms with Crippen LogP contribution >= 0.6 is 0 Å². The smallest absolute Gasteiger partial charge is 0.0270 e. The van der Waals surface area contributed by atoms with E-state index in [1.165, 1.54) is 16.7 Å². The maximum absolute atomic E-state index is 4.12. The summed E-state index contributed by atoms with van der Waals surface area (Å²) in [7, 11) is 0. The van der Waals surface area contributed by atoms with Crippen LogP contribution in [0.4, 0.5) is 0 Å². The van der Waals surface area contributed by atoms with Crippen LogP contribution in [-0.4, -0.2) is 17.6 Å². The number of nitrogens with zero attached hydrogens (tertiary/aromatic N) is 1. The molecule has 0 saturated heterocycles. The minimum absolute atomic E-state index is 0.498. The van der Waals surface area contributed by atoms with Gasteiger partial charge in [0.05, 0.1) is 0 Å². The average molecular weight is 282 g/mol. The highest BCUT2D eigenvalue weighted by Gasteiger charge is 2.17. The SMILES string of the molecule is CCNC(CCc1cccc(C)c1)C(C)c1ccncc1. The first-order valence-electron chi connectivity index (χ1n) is 7.89. The molecule has 0 amide bonds. The molecule has 1 N–H and O–H groups in total. The molecule has 2 rings (SSSR count). The molecule has 1 aromatic carbocycles. The lowest BCUT2D eigenvalue weighted by atomic mass is 9.89. The second kappa shape index (κ2) is 7.94. The van der Waals surface area contributed by atoms with Gasteiger partial charge in [-0.3, -0.25) is 4.98 Å². The lowest BCUT2D eigenvalue weighted by Crippen LogP contribution is -2.34. The molecule has 2 unspecified atom stereocenters. The quantitative estimate of drug-likeness (QED) is 0.827. The number of aromatic nitrogens is 1. The number of likely N-dealkylation sites (N-methyl/N-ethyl adjacent to an activating group) is 1. The molecule has 2 aromatic rings. The van der Waals surface area contributed by atoms with Crippen LogP contribution in [0.15, 0.2) is 48.8 Å². The normalized spacial score (nSPS) is 13.9. The summed E-state index contributed by atoms with van der Waals surface area (Å²) < 4.78 is 0. The standard InChI is InChI=1S/C19H26N2/c1-4-21-19(16(3)18-10-12-20-13-11-18)9-8-17-7-5-6-15(2)14-17/h5-7,10-14,16,19,21H,4,8-9H2,1-3H3. The van der Waals surface area contributed by atoms with Crippen molar-refractivity contribution in [3.8, 4) is 0 Å². The van der Waals surface area contributed by atoms with Crippen LogP contribution in [-0.2, 0) is 6.42 Å². The van der Waals surface area contributed by atoms with E-state index in [9.17, 15) is 0 Å². The summed E-state index contributed by atoms with van der Waals surface area (Å²) in [6, 6.07) is 13.6. The zero-order valence-corrected chi connectivity index (χ0v) is 13.3. The molecule has 0 fully saturated rings. The average Bonchev–Trinajstić information content (AvgIpc) is 2.52. The van der Waals surface area contributed by atoms with E-state index in [1.54, 1.807) is 0 Å². The van der Waals surface area contributed by atoms with Crippen molar-refractivity contribution < 1.29 is 0 Å². The van der Waals surface area contributed by atoms with Crippen molar-refractivity contribution in [1.82, 2.24) is 10.3 Å². The molecule has 2 atom stereocenters. The van der Waals surface area contributed by atoms with E-state index < -0.39 is 0 Å². The number of hydrogen-bond donors (Lipinski definition) is 1. The van der Waals surface area contributed by atoms with Crippen LogP contribution in [0, 0.1) is 6.92 Å². The van der Waals surface area contributed by atoms with Crippen molar-refractivity contribution in [2.45, 2.75) is 45.6 Å². The topological polar surface area (TPSA) is 24.9 Å². The molecule has 2 nitrogen and oxygen atoms in total. The van der Waals surface area contributed by atoms with Gasteiger partial charge >= 0.3 is 0 Å². The Labute approximate surface area is 128 Å². The molecule has 2 heteroatoms. The van der Waals surface area contributed by atoms with Crippen LogP contribution in [0.5, 0.6) is 0 Å². The Morgan fingerprint density at radius 1 is 1.14 bits per heavy atom. The van der Waals surface area contributed by atoms with Gasteiger partial charge in [-0.25, -0.2) is 0 Å². The van der Waals surface area contributed by atoms with Crippen LogP contribution < -0.4 is 5.32 Å². The van der Waals surface area contributed by atoms with E-state index in [4.69, 9.17) is 0 Å². The van der Waals surface area contributed by atoms with Crippen molar-refractivity contribution >= 4 is 0 Å². The number of benzene rings is 1. The second-order valence-corrected chi connectivity index (χ2v) is 5.76. The third kappa shape index (κ3) is 4.68. The van der Waals surface area contributed by atoms with E-state index in [-0.39, 0.29) is 0 Å². The van der Waals surface area contributed by atoms with Crippen LogP contribution in [0.1, 0.15) is 42.9 Å². The Kier molecular flexibility index (Phi) is 5.94. The van der Waals surface area contributed by atoms with Crippen molar-refractivity contribution in [3.05, 3.63) is 65.5 Å². The van der Waals surface area contributed by atoms with Gasteiger partial charge in [-0.15, -0.1) is 0 Å². The third-order valence-corrected chi connectivity index (χ3v) is 4.13. The van der Waals surface area contributed by atoms with E-state index in [0.717, 1.165) is 19.4 Å². The molecule has 0 aliphatic rings. The van der Waals surface area contributed by atoms with Crippen molar-refractivity contribution in [1.29, 1.82) is 0 Å². The molecule has 0 saturated carbocycles. The first-order valence-corrected chi connectivity index (χ1v) is 7.89. The molecule has 0 spiro atoms. The first kappa shape index (κ1) is 15.7. The van der Waals surface area contributed by atoms with E-state index in [2.05, 4.69) is 67.5 Å². The van der Waals surface area contributed by atoms with Crippen molar-refractivity contribution in [3.63, 3.8) is 0 Å². The highest BCUT2D eigenvalue weighted by Crippen LogP contribution is 2.22. The molecule has 0 aliphatic carbocycles. The predicted octanol–water partition coefficient (Wildman–Crippen LogP) is 4.10. The van der Waals surface area contributed by atoms with E-state index in [1.807, 2.05) is 12.4 Å². The first-order chi connectivity index (χ1) is 10.2. The molecule has 1 aromatic heterocycles. The highest BCUT2D eigenvalue weighted by molar-refractivity contribution is 5.23. The van der Waals surface area contributed by atoms with Crippen LogP contribution in [0.3, 0.4) is 0 Å².